The average molecular weight is 194 g/mol. The summed E-state index contributed by atoms with van der Waals surface area (Å²) in [6, 6.07) is 0.467. The van der Waals surface area contributed by atoms with E-state index < -0.39 is 0 Å². The highest BCUT2D eigenvalue weighted by atomic mass is 16.2. The molecule has 1 N–H and O–H groups in total. The predicted molar refractivity (Wildman–Crippen MR) is 58.0 cm³/mol. The number of carbonyl (C=O) groups excluding carboxylic acids is 1. The number of nitrogens with one attached hydrogen (secondary N) is 1. The second-order valence-corrected chi connectivity index (χ2v) is 3.44. The number of carbonyl (C=O) groups is 1. The van der Waals surface area contributed by atoms with Crippen molar-refractivity contribution in [3.63, 3.8) is 0 Å². The van der Waals surface area contributed by atoms with Crippen LogP contribution in [0.5, 0.6) is 0 Å². The van der Waals surface area contributed by atoms with Crippen LogP contribution in [-0.2, 0) is 4.79 Å². The zero-order valence-corrected chi connectivity index (χ0v) is 8.86. The smallest absolute Gasteiger partial charge is 0.246 e. The lowest BCUT2D eigenvalue weighted by atomic mass is 10.3. The summed E-state index contributed by atoms with van der Waals surface area (Å²) in [6.45, 7) is 3.63. The SMILES string of the molecule is CC=C/C=C/C(=O)N1CCC(NC)C1. The molecule has 1 unspecified atom stereocenters. The van der Waals surface area contributed by atoms with Crippen LogP contribution < -0.4 is 5.32 Å². The maximum Gasteiger partial charge on any atom is 0.246 e. The summed E-state index contributed by atoms with van der Waals surface area (Å²) < 4.78 is 0. The Morgan fingerprint density at radius 1 is 1.50 bits per heavy atom. The third-order valence-electron chi connectivity index (χ3n) is 2.45. The molecule has 14 heavy (non-hydrogen) atoms. The molecule has 1 aliphatic heterocycles. The van der Waals surface area contributed by atoms with Gasteiger partial charge in [0.25, 0.3) is 0 Å². The Balaban J connectivity index is 2.39. The van der Waals surface area contributed by atoms with E-state index in [1.165, 1.54) is 0 Å². The van der Waals surface area contributed by atoms with Gasteiger partial charge in [-0.2, -0.15) is 0 Å². The Bertz CT molecular complexity index is 246. The first-order chi connectivity index (χ1) is 6.77. The first kappa shape index (κ1) is 11.0. The first-order valence-electron chi connectivity index (χ1n) is 5.03. The van der Waals surface area contributed by atoms with Crippen LogP contribution in [0, 0.1) is 0 Å². The first-order valence-corrected chi connectivity index (χ1v) is 5.03. The minimum atomic E-state index is 0.112. The summed E-state index contributed by atoms with van der Waals surface area (Å²) in [7, 11) is 1.94. The fourth-order valence-corrected chi connectivity index (χ4v) is 1.55. The van der Waals surface area contributed by atoms with Crippen molar-refractivity contribution in [2.24, 2.45) is 0 Å². The number of hydrogen-bond donors (Lipinski definition) is 1. The normalized spacial score (nSPS) is 22.7. The van der Waals surface area contributed by atoms with Crippen LogP contribution in [0.25, 0.3) is 0 Å². The van der Waals surface area contributed by atoms with Gasteiger partial charge in [0.2, 0.25) is 5.91 Å². The third kappa shape index (κ3) is 3.00. The van der Waals surface area contributed by atoms with E-state index in [0.717, 1.165) is 19.5 Å². The van der Waals surface area contributed by atoms with Crippen molar-refractivity contribution < 1.29 is 4.79 Å². The van der Waals surface area contributed by atoms with Gasteiger partial charge in [0.1, 0.15) is 0 Å². The molecule has 0 aromatic heterocycles. The zero-order chi connectivity index (χ0) is 10.4. The van der Waals surface area contributed by atoms with E-state index in [9.17, 15) is 4.79 Å². The Hall–Kier alpha value is -1.09. The van der Waals surface area contributed by atoms with Gasteiger partial charge in [0.15, 0.2) is 0 Å². The van der Waals surface area contributed by atoms with E-state index in [0.29, 0.717) is 6.04 Å². The highest BCUT2D eigenvalue weighted by Gasteiger charge is 2.23. The fraction of sp³-hybridized carbons (Fsp3) is 0.545. The van der Waals surface area contributed by atoms with E-state index in [4.69, 9.17) is 0 Å². The van der Waals surface area contributed by atoms with Crippen LogP contribution in [0.4, 0.5) is 0 Å². The van der Waals surface area contributed by atoms with Crippen LogP contribution in [0.2, 0.25) is 0 Å². The van der Waals surface area contributed by atoms with Crippen molar-refractivity contribution in [1.82, 2.24) is 10.2 Å². The van der Waals surface area contributed by atoms with Gasteiger partial charge in [-0.3, -0.25) is 4.79 Å². The summed E-state index contributed by atoms with van der Waals surface area (Å²) in [5.41, 5.74) is 0. The molecule has 1 fully saturated rings. The minimum absolute atomic E-state index is 0.112. The maximum absolute atomic E-state index is 11.6. The quantitative estimate of drug-likeness (QED) is 0.535. The van der Waals surface area contributed by atoms with Crippen LogP contribution in [-0.4, -0.2) is 37.0 Å². The fourth-order valence-electron chi connectivity index (χ4n) is 1.55. The van der Waals surface area contributed by atoms with Crippen LogP contribution in [0.3, 0.4) is 0 Å². The Morgan fingerprint density at radius 2 is 2.29 bits per heavy atom. The van der Waals surface area contributed by atoms with Crippen LogP contribution >= 0.6 is 0 Å². The Kier molecular flexibility index (Phi) is 4.40. The highest BCUT2D eigenvalue weighted by molar-refractivity contribution is 5.88. The number of amides is 1. The van der Waals surface area contributed by atoms with Crippen molar-refractivity contribution in [1.29, 1.82) is 0 Å². The summed E-state index contributed by atoms with van der Waals surface area (Å²) >= 11 is 0. The number of likely N-dealkylation sites (N-methyl/N-ethyl adjacent to an activating group) is 1. The van der Waals surface area contributed by atoms with E-state index in [2.05, 4.69) is 5.32 Å². The number of likely N-dealkylation sites (tertiary alicyclic amines) is 1. The molecule has 3 nitrogen and oxygen atoms in total. The summed E-state index contributed by atoms with van der Waals surface area (Å²) in [5.74, 6) is 0.112. The van der Waals surface area contributed by atoms with E-state index in [1.54, 1.807) is 12.2 Å². The molecule has 0 radical (unpaired) electrons. The molecule has 0 aromatic carbocycles. The number of allylic oxidation sites excluding steroid dienone is 3. The molecular weight excluding hydrogens is 176 g/mol. The second-order valence-electron chi connectivity index (χ2n) is 3.44. The van der Waals surface area contributed by atoms with E-state index >= 15 is 0 Å². The molecule has 0 spiro atoms. The predicted octanol–water partition coefficient (Wildman–Crippen LogP) is 0.939. The standard InChI is InChI=1S/C11H18N2O/c1-3-4-5-6-11(14)13-8-7-10(9-13)12-2/h3-6,10,12H,7-9H2,1-2H3/b4-3?,6-5+. The molecule has 1 saturated heterocycles. The summed E-state index contributed by atoms with van der Waals surface area (Å²) in [5, 5.41) is 3.18. The molecule has 1 amide bonds. The molecule has 1 aliphatic rings. The molecule has 0 bridgehead atoms. The van der Waals surface area contributed by atoms with Gasteiger partial charge >= 0.3 is 0 Å². The maximum atomic E-state index is 11.6. The molecule has 0 aliphatic carbocycles. The number of rotatable bonds is 3. The van der Waals surface area contributed by atoms with Crippen molar-refractivity contribution in [2.75, 3.05) is 20.1 Å². The van der Waals surface area contributed by atoms with Gasteiger partial charge in [-0.05, 0) is 20.4 Å². The van der Waals surface area contributed by atoms with Gasteiger partial charge in [-0.25, -0.2) is 0 Å². The van der Waals surface area contributed by atoms with Gasteiger partial charge in [-0.1, -0.05) is 18.2 Å². The largest absolute Gasteiger partial charge is 0.338 e. The summed E-state index contributed by atoms with van der Waals surface area (Å²) in [6.07, 6.45) is 8.24. The molecular formula is C11H18N2O. The van der Waals surface area contributed by atoms with Crippen LogP contribution in [0.15, 0.2) is 24.3 Å². The highest BCUT2D eigenvalue weighted by Crippen LogP contribution is 2.08. The minimum Gasteiger partial charge on any atom is -0.338 e. The molecule has 1 rings (SSSR count). The monoisotopic (exact) mass is 194 g/mol. The zero-order valence-electron chi connectivity index (χ0n) is 8.86. The molecule has 1 heterocycles. The lowest BCUT2D eigenvalue weighted by Gasteiger charge is -2.13. The lowest BCUT2D eigenvalue weighted by Crippen LogP contribution is -2.32. The average Bonchev–Trinajstić information content (AvgIpc) is 2.66. The van der Waals surface area contributed by atoms with Crippen molar-refractivity contribution in [2.45, 2.75) is 19.4 Å². The number of nitrogens with zero attached hydrogens (tertiary/aromatic N) is 1. The second kappa shape index (κ2) is 5.60. The number of hydrogen-bond acceptors (Lipinski definition) is 2. The molecule has 1 atom stereocenters. The van der Waals surface area contributed by atoms with Crippen molar-refractivity contribution >= 4 is 5.91 Å². The van der Waals surface area contributed by atoms with Crippen LogP contribution in [0.1, 0.15) is 13.3 Å². The topological polar surface area (TPSA) is 32.3 Å². The molecule has 78 valence electrons. The molecule has 0 aromatic rings. The Labute approximate surface area is 85.5 Å². The summed E-state index contributed by atoms with van der Waals surface area (Å²) in [4.78, 5) is 13.4. The van der Waals surface area contributed by atoms with Gasteiger partial charge in [0, 0.05) is 25.2 Å². The Morgan fingerprint density at radius 3 is 2.86 bits per heavy atom. The van der Waals surface area contributed by atoms with E-state index in [-0.39, 0.29) is 5.91 Å². The lowest BCUT2D eigenvalue weighted by molar-refractivity contribution is -0.125. The van der Waals surface area contributed by atoms with Gasteiger partial charge < -0.3 is 10.2 Å². The van der Waals surface area contributed by atoms with Crippen molar-refractivity contribution in [3.05, 3.63) is 24.3 Å². The van der Waals surface area contributed by atoms with Gasteiger partial charge in [-0.15, -0.1) is 0 Å². The molecule has 0 saturated carbocycles. The van der Waals surface area contributed by atoms with E-state index in [1.807, 2.05) is 31.0 Å². The molecule has 3 heteroatoms. The van der Waals surface area contributed by atoms with Crippen molar-refractivity contribution in [3.8, 4) is 0 Å². The third-order valence-corrected chi connectivity index (χ3v) is 2.45. The van der Waals surface area contributed by atoms with Gasteiger partial charge in [0.05, 0.1) is 0 Å².